The van der Waals surface area contributed by atoms with E-state index in [1.165, 1.54) is 0 Å². The Morgan fingerprint density at radius 2 is 2.00 bits per heavy atom. The van der Waals surface area contributed by atoms with Crippen LogP contribution in [0.2, 0.25) is 0 Å². The maximum absolute atomic E-state index is 12.2. The molecule has 0 radical (unpaired) electrons. The Balaban J connectivity index is 0.00000169. The number of nitrogen functional groups attached to an aromatic ring is 1. The van der Waals surface area contributed by atoms with Crippen molar-refractivity contribution >= 4 is 18.2 Å². The summed E-state index contributed by atoms with van der Waals surface area (Å²) in [5, 5.41) is 6.85. The lowest BCUT2D eigenvalue weighted by molar-refractivity contribution is -0.141. The van der Waals surface area contributed by atoms with Crippen molar-refractivity contribution in [2.24, 2.45) is 5.73 Å². The van der Waals surface area contributed by atoms with Crippen LogP contribution in [0, 0.1) is 5.41 Å². The number of amidine groups is 1. The van der Waals surface area contributed by atoms with Gasteiger partial charge in [-0.1, -0.05) is 0 Å². The molecular weight excluding hydrogens is 221 g/mol. The number of hydrogen-bond acceptors (Lipinski definition) is 3. The van der Waals surface area contributed by atoms with Crippen molar-refractivity contribution in [2.45, 2.75) is 6.18 Å². The summed E-state index contributed by atoms with van der Waals surface area (Å²) in [6, 6.07) is 0. The molecule has 0 fully saturated rings. The lowest BCUT2D eigenvalue weighted by Gasteiger charge is -2.08. The van der Waals surface area contributed by atoms with E-state index < -0.39 is 23.3 Å². The van der Waals surface area contributed by atoms with Crippen LogP contribution < -0.4 is 5.73 Å². The number of nitrogens with two attached hydrogens (primary N) is 1. The van der Waals surface area contributed by atoms with Crippen LogP contribution in [0.1, 0.15) is 11.3 Å². The van der Waals surface area contributed by atoms with Crippen molar-refractivity contribution in [1.82, 2.24) is 9.97 Å². The Morgan fingerprint density at radius 1 is 1.43 bits per heavy atom. The molecule has 1 rings (SSSR count). The van der Waals surface area contributed by atoms with E-state index >= 15 is 0 Å². The van der Waals surface area contributed by atoms with E-state index in [0.717, 1.165) is 12.5 Å². The highest BCUT2D eigenvalue weighted by atomic mass is 35.5. The van der Waals surface area contributed by atoms with Crippen LogP contribution in [0.3, 0.4) is 0 Å². The molecule has 1 aromatic rings. The minimum atomic E-state index is -4.61. The predicted molar refractivity (Wildman–Crippen MR) is 45.3 cm³/mol. The molecule has 0 unspecified atom stereocenters. The zero-order valence-electron chi connectivity index (χ0n) is 6.67. The van der Waals surface area contributed by atoms with Crippen molar-refractivity contribution in [3.8, 4) is 0 Å². The summed E-state index contributed by atoms with van der Waals surface area (Å²) in [4.78, 5) is 6.36. The molecule has 0 saturated carbocycles. The SMILES string of the molecule is Cl.N=C(N)c1cncnc1C(F)(F)F. The summed E-state index contributed by atoms with van der Waals surface area (Å²) < 4.78 is 36.5. The van der Waals surface area contributed by atoms with Gasteiger partial charge < -0.3 is 5.73 Å². The number of hydrogen-bond donors (Lipinski definition) is 2. The maximum Gasteiger partial charge on any atom is 0.434 e. The molecule has 8 heteroatoms. The van der Waals surface area contributed by atoms with Crippen LogP contribution in [0.5, 0.6) is 0 Å². The standard InChI is InChI=1S/C6H5F3N4.ClH/c7-6(8,9)4-3(5(10)11)1-12-2-13-4;/h1-2H,(H3,10,11);1H. The highest BCUT2D eigenvalue weighted by molar-refractivity contribution is 5.95. The summed E-state index contributed by atoms with van der Waals surface area (Å²) >= 11 is 0. The second-order valence-electron chi connectivity index (χ2n) is 2.20. The molecule has 0 aliphatic carbocycles. The number of halogens is 4. The Hall–Kier alpha value is -1.37. The molecule has 1 aromatic heterocycles. The third kappa shape index (κ3) is 2.56. The van der Waals surface area contributed by atoms with Crippen LogP contribution in [0.15, 0.2) is 12.5 Å². The molecule has 0 saturated heterocycles. The van der Waals surface area contributed by atoms with Crippen molar-refractivity contribution in [3.05, 3.63) is 23.8 Å². The average Bonchev–Trinajstić information content (AvgIpc) is 2.03. The molecule has 0 aliphatic heterocycles. The summed E-state index contributed by atoms with van der Waals surface area (Å²) in [5.74, 6) is -0.701. The molecule has 0 aliphatic rings. The van der Waals surface area contributed by atoms with Crippen LogP contribution in [-0.4, -0.2) is 15.8 Å². The van der Waals surface area contributed by atoms with Gasteiger partial charge in [0.05, 0.1) is 5.56 Å². The number of aromatic nitrogens is 2. The van der Waals surface area contributed by atoms with Gasteiger partial charge in [-0.2, -0.15) is 13.2 Å². The second-order valence-corrected chi connectivity index (χ2v) is 2.20. The molecule has 3 N–H and O–H groups in total. The molecule has 0 amide bonds. The van der Waals surface area contributed by atoms with E-state index in [-0.39, 0.29) is 12.4 Å². The number of nitrogens with one attached hydrogen (secondary N) is 1. The summed E-state index contributed by atoms with van der Waals surface area (Å²) in [6.45, 7) is 0. The largest absolute Gasteiger partial charge is 0.434 e. The van der Waals surface area contributed by atoms with Crippen LogP contribution in [0.4, 0.5) is 13.2 Å². The van der Waals surface area contributed by atoms with E-state index in [1.807, 2.05) is 0 Å². The van der Waals surface area contributed by atoms with E-state index in [9.17, 15) is 13.2 Å². The minimum absolute atomic E-state index is 0. The fraction of sp³-hybridized carbons (Fsp3) is 0.167. The van der Waals surface area contributed by atoms with Crippen molar-refractivity contribution < 1.29 is 13.2 Å². The van der Waals surface area contributed by atoms with Gasteiger partial charge >= 0.3 is 6.18 Å². The molecule has 78 valence electrons. The van der Waals surface area contributed by atoms with Crippen molar-refractivity contribution in [1.29, 1.82) is 5.41 Å². The van der Waals surface area contributed by atoms with Crippen LogP contribution in [0.25, 0.3) is 0 Å². The third-order valence-electron chi connectivity index (χ3n) is 1.27. The van der Waals surface area contributed by atoms with Crippen LogP contribution in [-0.2, 0) is 6.18 Å². The summed E-state index contributed by atoms with van der Waals surface area (Å²) in [7, 11) is 0. The first-order chi connectivity index (χ1) is 5.93. The van der Waals surface area contributed by atoms with Crippen molar-refractivity contribution in [3.63, 3.8) is 0 Å². The van der Waals surface area contributed by atoms with Gasteiger partial charge in [-0.25, -0.2) is 9.97 Å². The highest BCUT2D eigenvalue weighted by Gasteiger charge is 2.36. The number of rotatable bonds is 1. The van der Waals surface area contributed by atoms with Crippen molar-refractivity contribution in [2.75, 3.05) is 0 Å². The van der Waals surface area contributed by atoms with E-state index in [1.54, 1.807) is 0 Å². The van der Waals surface area contributed by atoms with Gasteiger partial charge in [0.1, 0.15) is 12.2 Å². The second kappa shape index (κ2) is 4.23. The summed E-state index contributed by atoms with van der Waals surface area (Å²) in [6.07, 6.45) is -2.99. The Bertz CT molecular complexity index is 338. The lowest BCUT2D eigenvalue weighted by atomic mass is 10.2. The highest BCUT2D eigenvalue weighted by Crippen LogP contribution is 2.29. The Morgan fingerprint density at radius 3 is 2.36 bits per heavy atom. The predicted octanol–water partition coefficient (Wildman–Crippen LogP) is 1.20. The Labute approximate surface area is 83.3 Å². The normalized spacial score (nSPS) is 10.5. The van der Waals surface area contributed by atoms with Gasteiger partial charge in [0.15, 0.2) is 5.69 Å². The fourth-order valence-electron chi connectivity index (χ4n) is 0.753. The van der Waals surface area contributed by atoms with E-state index in [0.29, 0.717) is 0 Å². The fourth-order valence-corrected chi connectivity index (χ4v) is 0.753. The maximum atomic E-state index is 12.2. The first-order valence-corrected chi connectivity index (χ1v) is 3.14. The molecule has 0 bridgehead atoms. The first-order valence-electron chi connectivity index (χ1n) is 3.14. The smallest absolute Gasteiger partial charge is 0.384 e. The molecule has 0 spiro atoms. The molecule has 4 nitrogen and oxygen atoms in total. The Kier molecular flexibility index (Phi) is 3.81. The average molecular weight is 227 g/mol. The lowest BCUT2D eigenvalue weighted by Crippen LogP contribution is -2.20. The quantitative estimate of drug-likeness (QED) is 0.558. The summed E-state index contributed by atoms with van der Waals surface area (Å²) in [5.41, 5.74) is 3.22. The monoisotopic (exact) mass is 226 g/mol. The number of alkyl halides is 3. The van der Waals surface area contributed by atoms with Gasteiger partial charge in [0, 0.05) is 6.20 Å². The van der Waals surface area contributed by atoms with Gasteiger partial charge in [-0.3, -0.25) is 5.41 Å². The minimum Gasteiger partial charge on any atom is -0.384 e. The third-order valence-corrected chi connectivity index (χ3v) is 1.27. The van der Waals surface area contributed by atoms with Gasteiger partial charge in [-0.05, 0) is 0 Å². The first kappa shape index (κ1) is 12.6. The molecule has 14 heavy (non-hydrogen) atoms. The molecule has 1 heterocycles. The molecule has 0 atom stereocenters. The van der Waals surface area contributed by atoms with Gasteiger partial charge in [-0.15, -0.1) is 12.4 Å². The topological polar surface area (TPSA) is 75.7 Å². The van der Waals surface area contributed by atoms with Gasteiger partial charge in [0.2, 0.25) is 0 Å². The number of nitrogens with zero attached hydrogens (tertiary/aromatic N) is 2. The van der Waals surface area contributed by atoms with Crippen LogP contribution >= 0.6 is 12.4 Å². The molecule has 0 aromatic carbocycles. The van der Waals surface area contributed by atoms with E-state index in [2.05, 4.69) is 9.97 Å². The molecular formula is C6H6ClF3N4. The van der Waals surface area contributed by atoms with Gasteiger partial charge in [0.25, 0.3) is 0 Å². The zero-order chi connectivity index (χ0) is 10.1. The van der Waals surface area contributed by atoms with E-state index in [4.69, 9.17) is 11.1 Å². The zero-order valence-corrected chi connectivity index (χ0v) is 7.49.